The van der Waals surface area contributed by atoms with Crippen molar-refractivity contribution in [3.05, 3.63) is 28.8 Å². The number of amides is 1. The molecule has 0 aliphatic heterocycles. The van der Waals surface area contributed by atoms with Crippen LogP contribution >= 0.6 is 11.6 Å². The first-order valence-corrected chi connectivity index (χ1v) is 6.00. The zero-order chi connectivity index (χ0) is 13.1. The molecule has 0 saturated carbocycles. The van der Waals surface area contributed by atoms with E-state index in [2.05, 4.69) is 26.1 Å². The van der Waals surface area contributed by atoms with Crippen molar-refractivity contribution in [3.63, 3.8) is 0 Å². The first-order chi connectivity index (χ1) is 7.79. The molecule has 0 spiro atoms. The largest absolute Gasteiger partial charge is 0.399 e. The standard InChI is InChI=1S/C13H19ClN2O/c1-13(2,3)6-7-16-12(17)10-8-9(15)4-5-11(10)14/h4-5,8H,6-7,15H2,1-3H3,(H,16,17). The number of benzene rings is 1. The van der Waals surface area contributed by atoms with Gasteiger partial charge in [0.05, 0.1) is 10.6 Å². The summed E-state index contributed by atoms with van der Waals surface area (Å²) in [5, 5.41) is 3.27. The summed E-state index contributed by atoms with van der Waals surface area (Å²) in [6, 6.07) is 4.90. The Bertz CT molecular complexity index is 410. The van der Waals surface area contributed by atoms with Gasteiger partial charge in [-0.3, -0.25) is 4.79 Å². The first kappa shape index (κ1) is 13.8. The second kappa shape index (κ2) is 5.41. The number of halogens is 1. The molecule has 0 heterocycles. The minimum absolute atomic E-state index is 0.174. The van der Waals surface area contributed by atoms with Crippen LogP contribution in [0.1, 0.15) is 37.6 Å². The summed E-state index contributed by atoms with van der Waals surface area (Å²) in [5.41, 5.74) is 6.79. The molecule has 0 saturated heterocycles. The van der Waals surface area contributed by atoms with E-state index in [1.165, 1.54) is 0 Å². The minimum atomic E-state index is -0.174. The highest BCUT2D eigenvalue weighted by atomic mass is 35.5. The van der Waals surface area contributed by atoms with E-state index in [1.807, 2.05) is 0 Å². The molecular formula is C13H19ClN2O. The van der Waals surface area contributed by atoms with Crippen molar-refractivity contribution in [2.45, 2.75) is 27.2 Å². The lowest BCUT2D eigenvalue weighted by molar-refractivity contribution is 0.0949. The molecule has 1 aromatic rings. The Morgan fingerprint density at radius 2 is 2.06 bits per heavy atom. The van der Waals surface area contributed by atoms with Gasteiger partial charge in [0.1, 0.15) is 0 Å². The van der Waals surface area contributed by atoms with Crippen molar-refractivity contribution in [3.8, 4) is 0 Å². The third kappa shape index (κ3) is 4.65. The molecule has 1 aromatic carbocycles. The van der Waals surface area contributed by atoms with Gasteiger partial charge in [0, 0.05) is 12.2 Å². The fourth-order valence-corrected chi connectivity index (χ4v) is 1.57. The molecule has 1 rings (SSSR count). The molecular weight excluding hydrogens is 236 g/mol. The average Bonchev–Trinajstić information content (AvgIpc) is 2.19. The van der Waals surface area contributed by atoms with E-state index in [4.69, 9.17) is 17.3 Å². The van der Waals surface area contributed by atoms with Gasteiger partial charge in [-0.1, -0.05) is 32.4 Å². The van der Waals surface area contributed by atoms with Crippen molar-refractivity contribution in [2.75, 3.05) is 12.3 Å². The molecule has 94 valence electrons. The fourth-order valence-electron chi connectivity index (χ4n) is 1.36. The van der Waals surface area contributed by atoms with Gasteiger partial charge in [-0.15, -0.1) is 0 Å². The Balaban J connectivity index is 2.61. The minimum Gasteiger partial charge on any atom is -0.399 e. The smallest absolute Gasteiger partial charge is 0.252 e. The Kier molecular flexibility index (Phi) is 4.40. The highest BCUT2D eigenvalue weighted by Gasteiger charge is 2.13. The van der Waals surface area contributed by atoms with Gasteiger partial charge in [-0.25, -0.2) is 0 Å². The van der Waals surface area contributed by atoms with Crippen LogP contribution in [0.2, 0.25) is 5.02 Å². The lowest BCUT2D eigenvalue weighted by Crippen LogP contribution is -2.27. The Morgan fingerprint density at radius 1 is 1.41 bits per heavy atom. The number of carbonyl (C=O) groups is 1. The molecule has 0 radical (unpaired) electrons. The fraction of sp³-hybridized carbons (Fsp3) is 0.462. The molecule has 0 fully saturated rings. The summed E-state index contributed by atoms with van der Waals surface area (Å²) >= 11 is 5.94. The molecule has 3 N–H and O–H groups in total. The maximum absolute atomic E-state index is 11.9. The summed E-state index contributed by atoms with van der Waals surface area (Å²) in [5.74, 6) is -0.174. The second-order valence-corrected chi connectivity index (χ2v) is 5.71. The van der Waals surface area contributed by atoms with E-state index >= 15 is 0 Å². The number of anilines is 1. The van der Waals surface area contributed by atoms with E-state index in [0.29, 0.717) is 22.8 Å². The SMILES string of the molecule is CC(C)(C)CCNC(=O)c1cc(N)ccc1Cl. The Morgan fingerprint density at radius 3 is 2.65 bits per heavy atom. The Labute approximate surface area is 107 Å². The number of nitrogens with one attached hydrogen (secondary N) is 1. The van der Waals surface area contributed by atoms with Crippen LogP contribution < -0.4 is 11.1 Å². The summed E-state index contributed by atoms with van der Waals surface area (Å²) in [6.07, 6.45) is 0.915. The topological polar surface area (TPSA) is 55.1 Å². The van der Waals surface area contributed by atoms with Crippen molar-refractivity contribution >= 4 is 23.2 Å². The van der Waals surface area contributed by atoms with Gasteiger partial charge in [0.15, 0.2) is 0 Å². The lowest BCUT2D eigenvalue weighted by atomic mass is 9.92. The molecule has 1 amide bonds. The van der Waals surface area contributed by atoms with E-state index in [1.54, 1.807) is 18.2 Å². The van der Waals surface area contributed by atoms with E-state index in [-0.39, 0.29) is 11.3 Å². The summed E-state index contributed by atoms with van der Waals surface area (Å²) in [7, 11) is 0. The molecule has 0 bridgehead atoms. The number of hydrogen-bond acceptors (Lipinski definition) is 2. The third-order valence-electron chi connectivity index (χ3n) is 2.40. The summed E-state index contributed by atoms with van der Waals surface area (Å²) in [4.78, 5) is 11.9. The van der Waals surface area contributed by atoms with Crippen molar-refractivity contribution in [2.24, 2.45) is 5.41 Å². The van der Waals surface area contributed by atoms with Crippen LogP contribution in [0.4, 0.5) is 5.69 Å². The van der Waals surface area contributed by atoms with Crippen molar-refractivity contribution in [1.82, 2.24) is 5.32 Å². The predicted molar refractivity (Wildman–Crippen MR) is 72.3 cm³/mol. The van der Waals surface area contributed by atoms with Gasteiger partial charge < -0.3 is 11.1 Å². The molecule has 4 heteroatoms. The number of hydrogen-bond donors (Lipinski definition) is 2. The number of nitrogens with two attached hydrogens (primary N) is 1. The lowest BCUT2D eigenvalue weighted by Gasteiger charge is -2.18. The maximum Gasteiger partial charge on any atom is 0.252 e. The van der Waals surface area contributed by atoms with E-state index < -0.39 is 0 Å². The summed E-state index contributed by atoms with van der Waals surface area (Å²) < 4.78 is 0. The first-order valence-electron chi connectivity index (χ1n) is 5.63. The van der Waals surface area contributed by atoms with E-state index in [0.717, 1.165) is 6.42 Å². The Hall–Kier alpha value is -1.22. The zero-order valence-electron chi connectivity index (χ0n) is 10.5. The van der Waals surface area contributed by atoms with Gasteiger partial charge in [0.25, 0.3) is 5.91 Å². The quantitative estimate of drug-likeness (QED) is 0.815. The van der Waals surface area contributed by atoms with Gasteiger partial charge >= 0.3 is 0 Å². The van der Waals surface area contributed by atoms with Crippen molar-refractivity contribution < 1.29 is 4.79 Å². The molecule has 0 atom stereocenters. The van der Waals surface area contributed by atoms with Crippen LogP contribution in [0.5, 0.6) is 0 Å². The molecule has 17 heavy (non-hydrogen) atoms. The van der Waals surface area contributed by atoms with Gasteiger partial charge in [-0.05, 0) is 30.0 Å². The number of carbonyl (C=O) groups excluding carboxylic acids is 1. The maximum atomic E-state index is 11.9. The van der Waals surface area contributed by atoms with Crippen LogP contribution in [0.25, 0.3) is 0 Å². The second-order valence-electron chi connectivity index (χ2n) is 5.31. The number of rotatable bonds is 3. The highest BCUT2D eigenvalue weighted by Crippen LogP contribution is 2.20. The summed E-state index contributed by atoms with van der Waals surface area (Å²) in [6.45, 7) is 7.03. The monoisotopic (exact) mass is 254 g/mol. The van der Waals surface area contributed by atoms with Crippen LogP contribution in [0.3, 0.4) is 0 Å². The third-order valence-corrected chi connectivity index (χ3v) is 2.73. The number of nitrogen functional groups attached to an aromatic ring is 1. The average molecular weight is 255 g/mol. The molecule has 0 unspecified atom stereocenters. The normalized spacial score (nSPS) is 11.3. The zero-order valence-corrected chi connectivity index (χ0v) is 11.3. The van der Waals surface area contributed by atoms with Crippen molar-refractivity contribution in [1.29, 1.82) is 0 Å². The molecule has 0 aromatic heterocycles. The van der Waals surface area contributed by atoms with E-state index in [9.17, 15) is 4.79 Å². The molecule has 0 aliphatic rings. The highest BCUT2D eigenvalue weighted by molar-refractivity contribution is 6.34. The van der Waals surface area contributed by atoms with Crippen LogP contribution in [0.15, 0.2) is 18.2 Å². The van der Waals surface area contributed by atoms with Crippen LogP contribution in [0, 0.1) is 5.41 Å². The predicted octanol–water partition coefficient (Wildman–Crippen LogP) is 3.09. The molecule has 3 nitrogen and oxygen atoms in total. The molecule has 0 aliphatic carbocycles. The van der Waals surface area contributed by atoms with Gasteiger partial charge in [-0.2, -0.15) is 0 Å². The van der Waals surface area contributed by atoms with Gasteiger partial charge in [0.2, 0.25) is 0 Å². The van der Waals surface area contributed by atoms with Crippen LogP contribution in [-0.4, -0.2) is 12.5 Å². The van der Waals surface area contributed by atoms with Crippen LogP contribution in [-0.2, 0) is 0 Å².